The standard InChI is InChI=1S/C14H18BrNO2/c1-10(14(17)18)16-8-6-11(7-9-16)12-4-2-3-5-13(12)15/h2-5,10-11H,6-9H2,1H3,(H,17,18). The van der Waals surface area contributed by atoms with E-state index in [9.17, 15) is 4.79 Å². The molecule has 1 heterocycles. The molecule has 0 amide bonds. The Bertz CT molecular complexity index is 428. The van der Waals surface area contributed by atoms with Crippen LogP contribution in [-0.2, 0) is 4.79 Å². The average molecular weight is 312 g/mol. The molecular formula is C14H18BrNO2. The Balaban J connectivity index is 1.99. The summed E-state index contributed by atoms with van der Waals surface area (Å²) >= 11 is 3.59. The number of carboxylic acid groups (broad SMARTS) is 1. The van der Waals surface area contributed by atoms with Crippen molar-refractivity contribution in [2.75, 3.05) is 13.1 Å². The van der Waals surface area contributed by atoms with Crippen LogP contribution in [0.1, 0.15) is 31.2 Å². The molecule has 4 heteroatoms. The number of nitrogens with zero attached hydrogens (tertiary/aromatic N) is 1. The van der Waals surface area contributed by atoms with Gasteiger partial charge in [0.1, 0.15) is 6.04 Å². The molecule has 0 bridgehead atoms. The highest BCUT2D eigenvalue weighted by molar-refractivity contribution is 9.10. The van der Waals surface area contributed by atoms with E-state index in [-0.39, 0.29) is 6.04 Å². The summed E-state index contributed by atoms with van der Waals surface area (Å²) in [5.41, 5.74) is 1.35. The van der Waals surface area contributed by atoms with Gasteiger partial charge in [0.25, 0.3) is 0 Å². The van der Waals surface area contributed by atoms with Gasteiger partial charge in [-0.25, -0.2) is 0 Å². The maximum atomic E-state index is 11.0. The minimum absolute atomic E-state index is 0.370. The predicted molar refractivity (Wildman–Crippen MR) is 74.8 cm³/mol. The van der Waals surface area contributed by atoms with Crippen LogP contribution in [0.5, 0.6) is 0 Å². The molecule has 1 unspecified atom stereocenters. The van der Waals surface area contributed by atoms with Crippen molar-refractivity contribution in [3.8, 4) is 0 Å². The third-order valence-corrected chi connectivity index (χ3v) is 4.50. The topological polar surface area (TPSA) is 40.5 Å². The summed E-state index contributed by atoms with van der Waals surface area (Å²) in [5, 5.41) is 9.01. The van der Waals surface area contributed by atoms with Crippen LogP contribution in [0.2, 0.25) is 0 Å². The lowest BCUT2D eigenvalue weighted by Crippen LogP contribution is -2.43. The molecule has 1 aliphatic rings. The van der Waals surface area contributed by atoms with Crippen molar-refractivity contribution in [1.29, 1.82) is 0 Å². The largest absolute Gasteiger partial charge is 0.480 e. The molecule has 18 heavy (non-hydrogen) atoms. The third kappa shape index (κ3) is 2.93. The fourth-order valence-corrected chi connectivity index (χ4v) is 3.17. The second kappa shape index (κ2) is 5.85. The molecule has 1 N–H and O–H groups in total. The molecule has 98 valence electrons. The van der Waals surface area contributed by atoms with Gasteiger partial charge < -0.3 is 5.11 Å². The second-order valence-corrected chi connectivity index (χ2v) is 5.70. The molecular weight excluding hydrogens is 294 g/mol. The highest BCUT2D eigenvalue weighted by atomic mass is 79.9. The minimum atomic E-state index is -0.727. The molecule has 0 radical (unpaired) electrons. The first-order valence-corrected chi connectivity index (χ1v) is 7.10. The van der Waals surface area contributed by atoms with Crippen LogP contribution in [0.15, 0.2) is 28.7 Å². The first-order valence-electron chi connectivity index (χ1n) is 6.31. The summed E-state index contributed by atoms with van der Waals surface area (Å²) in [6.45, 7) is 3.49. The van der Waals surface area contributed by atoms with Crippen LogP contribution < -0.4 is 0 Å². The zero-order valence-electron chi connectivity index (χ0n) is 10.5. The van der Waals surface area contributed by atoms with E-state index in [1.807, 2.05) is 6.07 Å². The van der Waals surface area contributed by atoms with E-state index < -0.39 is 5.97 Å². The maximum Gasteiger partial charge on any atom is 0.320 e. The zero-order valence-corrected chi connectivity index (χ0v) is 12.1. The number of halogens is 1. The molecule has 1 aromatic rings. The molecule has 0 saturated carbocycles. The number of carboxylic acids is 1. The van der Waals surface area contributed by atoms with Crippen molar-refractivity contribution >= 4 is 21.9 Å². The van der Waals surface area contributed by atoms with E-state index in [2.05, 4.69) is 39.0 Å². The van der Waals surface area contributed by atoms with E-state index in [1.165, 1.54) is 5.56 Å². The lowest BCUT2D eigenvalue weighted by atomic mass is 9.89. The van der Waals surface area contributed by atoms with Crippen LogP contribution in [0.4, 0.5) is 0 Å². The van der Waals surface area contributed by atoms with E-state index >= 15 is 0 Å². The number of piperidine rings is 1. The van der Waals surface area contributed by atoms with E-state index in [0.29, 0.717) is 5.92 Å². The van der Waals surface area contributed by atoms with E-state index in [4.69, 9.17) is 5.11 Å². The van der Waals surface area contributed by atoms with Gasteiger partial charge in [-0.1, -0.05) is 34.1 Å². The maximum absolute atomic E-state index is 11.0. The van der Waals surface area contributed by atoms with Crippen LogP contribution >= 0.6 is 15.9 Å². The number of hydrogen-bond donors (Lipinski definition) is 1. The fourth-order valence-electron chi connectivity index (χ4n) is 2.56. The zero-order chi connectivity index (χ0) is 13.1. The lowest BCUT2D eigenvalue weighted by molar-refractivity contribution is -0.143. The monoisotopic (exact) mass is 311 g/mol. The Morgan fingerprint density at radius 3 is 2.56 bits per heavy atom. The molecule has 1 fully saturated rings. The summed E-state index contributed by atoms with van der Waals surface area (Å²) in [7, 11) is 0. The molecule has 2 rings (SSSR count). The van der Waals surface area contributed by atoms with Gasteiger partial charge >= 0.3 is 5.97 Å². The Labute approximate surface area is 116 Å². The van der Waals surface area contributed by atoms with Gasteiger partial charge in [0.15, 0.2) is 0 Å². The summed E-state index contributed by atoms with van der Waals surface area (Å²) < 4.78 is 1.16. The predicted octanol–water partition coefficient (Wildman–Crippen LogP) is 3.10. The van der Waals surface area contributed by atoms with Crippen LogP contribution in [0.25, 0.3) is 0 Å². The highest BCUT2D eigenvalue weighted by Gasteiger charge is 2.27. The van der Waals surface area contributed by atoms with Crippen molar-refractivity contribution in [3.63, 3.8) is 0 Å². The molecule has 0 spiro atoms. The van der Waals surface area contributed by atoms with Crippen molar-refractivity contribution < 1.29 is 9.90 Å². The molecule has 0 aliphatic carbocycles. The van der Waals surface area contributed by atoms with Crippen LogP contribution in [0.3, 0.4) is 0 Å². The molecule has 1 aromatic carbocycles. The summed E-state index contributed by atoms with van der Waals surface area (Å²) in [5.74, 6) is -0.188. The summed E-state index contributed by atoms with van der Waals surface area (Å²) in [6, 6.07) is 7.94. The van der Waals surface area contributed by atoms with Crippen molar-refractivity contribution in [3.05, 3.63) is 34.3 Å². The Hall–Kier alpha value is -0.870. The first kappa shape index (κ1) is 13.6. The SMILES string of the molecule is CC(C(=O)O)N1CCC(c2ccccc2Br)CC1. The van der Waals surface area contributed by atoms with Gasteiger partial charge in [0, 0.05) is 4.47 Å². The Kier molecular flexibility index (Phi) is 4.40. The normalized spacial score (nSPS) is 19.7. The molecule has 3 nitrogen and oxygen atoms in total. The van der Waals surface area contributed by atoms with Gasteiger partial charge in [0.2, 0.25) is 0 Å². The third-order valence-electron chi connectivity index (χ3n) is 3.78. The summed E-state index contributed by atoms with van der Waals surface area (Å²) in [6.07, 6.45) is 2.06. The van der Waals surface area contributed by atoms with E-state index in [0.717, 1.165) is 30.4 Å². The quantitative estimate of drug-likeness (QED) is 0.932. The van der Waals surface area contributed by atoms with Crippen LogP contribution in [0, 0.1) is 0 Å². The molecule has 1 aliphatic heterocycles. The average Bonchev–Trinajstić information content (AvgIpc) is 2.38. The first-order chi connectivity index (χ1) is 8.59. The van der Waals surface area contributed by atoms with Crippen molar-refractivity contribution in [2.24, 2.45) is 0 Å². The minimum Gasteiger partial charge on any atom is -0.480 e. The number of likely N-dealkylation sites (tertiary alicyclic amines) is 1. The van der Waals surface area contributed by atoms with Crippen molar-refractivity contribution in [1.82, 2.24) is 4.90 Å². The van der Waals surface area contributed by atoms with Gasteiger partial charge in [-0.05, 0) is 50.4 Å². The number of benzene rings is 1. The smallest absolute Gasteiger partial charge is 0.320 e. The fraction of sp³-hybridized carbons (Fsp3) is 0.500. The second-order valence-electron chi connectivity index (χ2n) is 4.85. The Morgan fingerprint density at radius 1 is 1.39 bits per heavy atom. The lowest BCUT2D eigenvalue weighted by Gasteiger charge is -2.34. The highest BCUT2D eigenvalue weighted by Crippen LogP contribution is 2.33. The summed E-state index contributed by atoms with van der Waals surface area (Å²) in [4.78, 5) is 13.0. The molecule has 0 aromatic heterocycles. The van der Waals surface area contributed by atoms with Gasteiger partial charge in [0.05, 0.1) is 0 Å². The Morgan fingerprint density at radius 2 is 2.00 bits per heavy atom. The van der Waals surface area contributed by atoms with Crippen molar-refractivity contribution in [2.45, 2.75) is 31.7 Å². The van der Waals surface area contributed by atoms with Gasteiger partial charge in [-0.2, -0.15) is 0 Å². The number of carbonyl (C=O) groups is 1. The number of hydrogen-bond acceptors (Lipinski definition) is 2. The molecule has 1 saturated heterocycles. The van der Waals surface area contributed by atoms with E-state index in [1.54, 1.807) is 6.92 Å². The number of rotatable bonds is 3. The van der Waals surface area contributed by atoms with Gasteiger partial charge in [-0.3, -0.25) is 9.69 Å². The van der Waals surface area contributed by atoms with Gasteiger partial charge in [-0.15, -0.1) is 0 Å². The molecule has 1 atom stereocenters. The van der Waals surface area contributed by atoms with Crippen LogP contribution in [-0.4, -0.2) is 35.1 Å². The number of aliphatic carboxylic acids is 1.